The first-order valence-corrected chi connectivity index (χ1v) is 4.43. The van der Waals surface area contributed by atoms with E-state index < -0.39 is 10.1 Å². The molecule has 0 spiro atoms. The van der Waals surface area contributed by atoms with Crippen molar-refractivity contribution in [2.24, 2.45) is 0 Å². The van der Waals surface area contributed by atoms with Gasteiger partial charge in [-0.3, -0.25) is 0 Å². The number of hydrogen-bond donors (Lipinski definition) is 0. The van der Waals surface area contributed by atoms with E-state index in [1.807, 2.05) is 0 Å². The van der Waals surface area contributed by atoms with Gasteiger partial charge in [0, 0.05) is 0 Å². The summed E-state index contributed by atoms with van der Waals surface area (Å²) in [5.74, 6) is 0. The van der Waals surface area contributed by atoms with Gasteiger partial charge >= 0.3 is 22.4 Å². The largest absolute Gasteiger partial charge is 1.00 e. The minimum atomic E-state index is -4.28. The minimum absolute atomic E-state index is 0. The third-order valence-corrected chi connectivity index (χ3v) is 2.11. The number of rotatable bonds is 1. The second-order valence-corrected chi connectivity index (χ2v) is 3.65. The van der Waals surface area contributed by atoms with Crippen molar-refractivity contribution in [2.75, 3.05) is 0 Å². The van der Waals surface area contributed by atoms with E-state index in [9.17, 15) is 13.0 Å². The van der Waals surface area contributed by atoms with Gasteiger partial charge in [0.1, 0.15) is 10.1 Å². The Morgan fingerprint density at radius 2 is 1.92 bits per heavy atom. The number of aryl methyl sites for hydroxylation is 1. The van der Waals surface area contributed by atoms with Gasteiger partial charge in [-0.25, -0.2) is 8.42 Å². The predicted octanol–water partition coefficient (Wildman–Crippen LogP) is 0.897. The Hall–Kier alpha value is -0.130. The maximum Gasteiger partial charge on any atom is 1.00 e. The average Bonchev–Trinajstić information content (AvgIpc) is 1.86. The van der Waals surface area contributed by atoms with Gasteiger partial charge < -0.3 is 4.55 Å². The van der Waals surface area contributed by atoms with Crippen LogP contribution in [0.4, 0.5) is 0 Å². The van der Waals surface area contributed by atoms with Crippen LogP contribution in [-0.4, -0.2) is 13.0 Å². The molecule has 5 heteroatoms. The summed E-state index contributed by atoms with van der Waals surface area (Å²) < 4.78 is 31.3. The molecule has 0 aliphatic rings. The van der Waals surface area contributed by atoms with Crippen LogP contribution < -0.4 is 0 Å². The summed E-state index contributed by atoms with van der Waals surface area (Å²) in [5, 5.41) is 0. The standard InChI is InChI=1S/C7H8O3S.Ag/c1-6-3-2-4-7(5-6)11(8,9)10;/h2-5H,1H3,(H,8,9,10);/q;+1/p-1. The van der Waals surface area contributed by atoms with Crippen molar-refractivity contribution < 1.29 is 35.4 Å². The molecule has 0 atom stereocenters. The van der Waals surface area contributed by atoms with E-state index in [4.69, 9.17) is 0 Å². The summed E-state index contributed by atoms with van der Waals surface area (Å²) in [5.41, 5.74) is 0.766. The van der Waals surface area contributed by atoms with E-state index in [2.05, 4.69) is 0 Å². The van der Waals surface area contributed by atoms with Gasteiger partial charge in [-0.2, -0.15) is 0 Å². The molecule has 0 aliphatic heterocycles. The topological polar surface area (TPSA) is 57.2 Å². The zero-order valence-electron chi connectivity index (χ0n) is 6.24. The van der Waals surface area contributed by atoms with E-state index in [1.165, 1.54) is 12.1 Å². The van der Waals surface area contributed by atoms with Crippen molar-refractivity contribution in [1.29, 1.82) is 0 Å². The molecule has 1 aromatic rings. The van der Waals surface area contributed by atoms with Crippen molar-refractivity contribution >= 4 is 10.1 Å². The van der Waals surface area contributed by atoms with Crippen molar-refractivity contribution in [1.82, 2.24) is 0 Å². The van der Waals surface area contributed by atoms with Gasteiger partial charge in [-0.05, 0) is 24.6 Å². The molecular formula is C7H7AgO3S. The maximum absolute atomic E-state index is 10.4. The Balaban J connectivity index is 0.00000121. The molecule has 0 heterocycles. The van der Waals surface area contributed by atoms with Crippen LogP contribution in [0.2, 0.25) is 0 Å². The first-order valence-electron chi connectivity index (χ1n) is 3.03. The molecule has 3 nitrogen and oxygen atoms in total. The Bertz CT molecular complexity index is 359. The quantitative estimate of drug-likeness (QED) is 0.567. The van der Waals surface area contributed by atoms with E-state index in [-0.39, 0.29) is 27.3 Å². The van der Waals surface area contributed by atoms with Crippen molar-refractivity contribution in [3.63, 3.8) is 0 Å². The molecule has 0 radical (unpaired) electrons. The number of hydrogen-bond acceptors (Lipinski definition) is 3. The zero-order valence-corrected chi connectivity index (χ0v) is 8.54. The van der Waals surface area contributed by atoms with E-state index in [1.54, 1.807) is 19.1 Å². The molecular weight excluding hydrogens is 272 g/mol. The predicted molar refractivity (Wildman–Crippen MR) is 39.1 cm³/mol. The molecule has 0 amide bonds. The molecule has 0 N–H and O–H groups in total. The van der Waals surface area contributed by atoms with Crippen LogP contribution in [0.25, 0.3) is 0 Å². The van der Waals surface area contributed by atoms with Gasteiger partial charge in [-0.1, -0.05) is 12.1 Å². The molecule has 70 valence electrons. The smallest absolute Gasteiger partial charge is 0.744 e. The summed E-state index contributed by atoms with van der Waals surface area (Å²) in [7, 11) is -4.28. The van der Waals surface area contributed by atoms with Gasteiger partial charge in [0.25, 0.3) is 0 Å². The fourth-order valence-corrected chi connectivity index (χ4v) is 1.35. The minimum Gasteiger partial charge on any atom is -0.744 e. The molecule has 0 saturated carbocycles. The molecule has 0 fully saturated rings. The fraction of sp³-hybridized carbons (Fsp3) is 0.143. The summed E-state index contributed by atoms with van der Waals surface area (Å²) in [6.07, 6.45) is 0. The Labute approximate surface area is 87.1 Å². The maximum atomic E-state index is 10.4. The molecule has 0 bridgehead atoms. The molecule has 0 saturated heterocycles. The normalized spacial score (nSPS) is 10.5. The van der Waals surface area contributed by atoms with E-state index in [0.717, 1.165) is 5.56 Å². The van der Waals surface area contributed by atoms with Gasteiger partial charge in [0.15, 0.2) is 0 Å². The van der Waals surface area contributed by atoms with Crippen LogP contribution >= 0.6 is 0 Å². The second kappa shape index (κ2) is 4.20. The van der Waals surface area contributed by atoms with Crippen LogP contribution in [-0.2, 0) is 32.5 Å². The van der Waals surface area contributed by atoms with Crippen LogP contribution in [0.3, 0.4) is 0 Å². The summed E-state index contributed by atoms with van der Waals surface area (Å²) in [4.78, 5) is -0.169. The van der Waals surface area contributed by atoms with E-state index >= 15 is 0 Å². The van der Waals surface area contributed by atoms with Crippen LogP contribution in [0.1, 0.15) is 5.56 Å². The monoisotopic (exact) mass is 278 g/mol. The zero-order chi connectivity index (χ0) is 8.48. The summed E-state index contributed by atoms with van der Waals surface area (Å²) in [6, 6.07) is 5.91. The third kappa shape index (κ3) is 3.08. The van der Waals surface area contributed by atoms with Crippen molar-refractivity contribution in [3.8, 4) is 0 Å². The van der Waals surface area contributed by atoms with Crippen LogP contribution in [0.15, 0.2) is 29.2 Å². The molecule has 12 heavy (non-hydrogen) atoms. The second-order valence-electron chi connectivity index (χ2n) is 2.27. The summed E-state index contributed by atoms with van der Waals surface area (Å²) >= 11 is 0. The Morgan fingerprint density at radius 3 is 2.25 bits per heavy atom. The molecule has 0 unspecified atom stereocenters. The number of benzene rings is 1. The van der Waals surface area contributed by atoms with Crippen LogP contribution in [0.5, 0.6) is 0 Å². The molecule has 0 aromatic heterocycles. The molecule has 1 rings (SSSR count). The third-order valence-electron chi connectivity index (χ3n) is 1.28. The van der Waals surface area contributed by atoms with Gasteiger partial charge in [-0.15, -0.1) is 0 Å². The Kier molecular flexibility index (Phi) is 4.16. The average molecular weight is 279 g/mol. The first kappa shape index (κ1) is 11.9. The fourth-order valence-electron chi connectivity index (χ4n) is 0.771. The van der Waals surface area contributed by atoms with Crippen molar-refractivity contribution in [3.05, 3.63) is 29.8 Å². The van der Waals surface area contributed by atoms with E-state index in [0.29, 0.717) is 0 Å². The van der Waals surface area contributed by atoms with Gasteiger partial charge in [0.2, 0.25) is 0 Å². The SMILES string of the molecule is Cc1cccc(S(=O)(=O)[O-])c1.[Ag+]. The van der Waals surface area contributed by atoms with Gasteiger partial charge in [0.05, 0.1) is 4.90 Å². The summed E-state index contributed by atoms with van der Waals surface area (Å²) in [6.45, 7) is 1.73. The van der Waals surface area contributed by atoms with Crippen molar-refractivity contribution in [2.45, 2.75) is 11.8 Å². The Morgan fingerprint density at radius 1 is 1.33 bits per heavy atom. The molecule has 1 aromatic carbocycles. The first-order chi connectivity index (χ1) is 5.00. The van der Waals surface area contributed by atoms with Crippen LogP contribution in [0, 0.1) is 6.92 Å². The molecule has 0 aliphatic carbocycles.